The van der Waals surface area contributed by atoms with Crippen LogP contribution in [0.5, 0.6) is 0 Å². The first-order valence-corrected chi connectivity index (χ1v) is 20.0. The number of carboxylic acid groups (broad SMARTS) is 1. The molecule has 1 aliphatic heterocycles. The fourth-order valence-electron chi connectivity index (χ4n) is 5.83. The van der Waals surface area contributed by atoms with Crippen molar-refractivity contribution in [3.63, 3.8) is 0 Å². The van der Waals surface area contributed by atoms with E-state index in [4.69, 9.17) is 18.9 Å². The van der Waals surface area contributed by atoms with Gasteiger partial charge in [-0.3, -0.25) is 9.59 Å². The first-order chi connectivity index (χ1) is 25.2. The van der Waals surface area contributed by atoms with E-state index >= 15 is 0 Å². The van der Waals surface area contributed by atoms with Gasteiger partial charge in [-0.1, -0.05) is 134 Å². The predicted molar refractivity (Wildman–Crippen MR) is 201 cm³/mol. The number of hydrogen-bond donors (Lipinski definition) is 4. The quantitative estimate of drug-likeness (QED) is 0.0304. The SMILES string of the molecule is CC/C=C\C/C=C\C/C=C\CCCCCCC(=O)OC[C@H](CO[C@@H]1O[C@H](C(=O)O)[C@@H](O)[C@H](O)[C@H]1O)OC(=O)CCCCCCCCCCCCCC. The van der Waals surface area contributed by atoms with Crippen molar-refractivity contribution < 1.29 is 53.8 Å². The van der Waals surface area contributed by atoms with Crippen LogP contribution in [0, 0.1) is 0 Å². The average Bonchev–Trinajstić information content (AvgIpc) is 3.12. The lowest BCUT2D eigenvalue weighted by Gasteiger charge is -2.38. The minimum Gasteiger partial charge on any atom is -0.479 e. The van der Waals surface area contributed by atoms with Crippen LogP contribution in [0.15, 0.2) is 36.5 Å². The van der Waals surface area contributed by atoms with E-state index in [1.165, 1.54) is 51.4 Å². The van der Waals surface area contributed by atoms with Crippen molar-refractivity contribution in [1.82, 2.24) is 0 Å². The van der Waals surface area contributed by atoms with Gasteiger partial charge in [-0.2, -0.15) is 0 Å². The highest BCUT2D eigenvalue weighted by atomic mass is 16.7. The summed E-state index contributed by atoms with van der Waals surface area (Å²) in [4.78, 5) is 36.6. The van der Waals surface area contributed by atoms with Crippen molar-refractivity contribution >= 4 is 17.9 Å². The molecule has 1 fully saturated rings. The largest absolute Gasteiger partial charge is 0.479 e. The highest BCUT2D eigenvalue weighted by Gasteiger charge is 2.47. The number of aliphatic hydroxyl groups is 3. The van der Waals surface area contributed by atoms with E-state index in [0.29, 0.717) is 12.8 Å². The van der Waals surface area contributed by atoms with Gasteiger partial charge >= 0.3 is 17.9 Å². The maximum absolute atomic E-state index is 12.7. The predicted octanol–water partition coefficient (Wildman–Crippen LogP) is 7.64. The summed E-state index contributed by atoms with van der Waals surface area (Å²) >= 11 is 0. The van der Waals surface area contributed by atoms with Crippen LogP contribution in [-0.2, 0) is 33.3 Å². The van der Waals surface area contributed by atoms with Crippen LogP contribution in [0.3, 0.4) is 0 Å². The van der Waals surface area contributed by atoms with Gasteiger partial charge in [0.2, 0.25) is 0 Å². The first kappa shape index (κ1) is 47.5. The minimum absolute atomic E-state index is 0.180. The van der Waals surface area contributed by atoms with E-state index in [0.717, 1.165) is 64.2 Å². The summed E-state index contributed by atoms with van der Waals surface area (Å²) in [6.45, 7) is 3.65. The molecule has 4 N–H and O–H groups in total. The van der Waals surface area contributed by atoms with E-state index in [9.17, 15) is 34.8 Å². The molecule has 1 aliphatic rings. The molecule has 0 unspecified atom stereocenters. The highest BCUT2D eigenvalue weighted by molar-refractivity contribution is 5.73. The number of carboxylic acids is 1. The zero-order valence-electron chi connectivity index (χ0n) is 32.0. The average molecular weight is 739 g/mol. The second kappa shape index (κ2) is 31.9. The van der Waals surface area contributed by atoms with Gasteiger partial charge in [-0.15, -0.1) is 0 Å². The Kier molecular flexibility index (Phi) is 29.1. The summed E-state index contributed by atoms with van der Waals surface area (Å²) in [6.07, 6.45) is 24.9. The smallest absolute Gasteiger partial charge is 0.335 e. The molecular formula is C41H70O11. The Morgan fingerprint density at radius 1 is 0.615 bits per heavy atom. The molecule has 0 amide bonds. The molecule has 11 nitrogen and oxygen atoms in total. The first-order valence-electron chi connectivity index (χ1n) is 20.0. The van der Waals surface area contributed by atoms with Crippen molar-refractivity contribution in [3.8, 4) is 0 Å². The van der Waals surface area contributed by atoms with Crippen LogP contribution in [0.1, 0.15) is 155 Å². The topological polar surface area (TPSA) is 169 Å². The van der Waals surface area contributed by atoms with Crippen LogP contribution in [0.25, 0.3) is 0 Å². The number of esters is 2. The Labute approximate surface area is 312 Å². The summed E-state index contributed by atoms with van der Waals surface area (Å²) in [5.74, 6) is -2.47. The molecule has 0 aromatic rings. The Hall–Kier alpha value is -2.57. The third kappa shape index (κ3) is 23.9. The molecule has 0 saturated carbocycles. The fourth-order valence-corrected chi connectivity index (χ4v) is 5.83. The van der Waals surface area contributed by atoms with Crippen molar-refractivity contribution in [3.05, 3.63) is 36.5 Å². The van der Waals surface area contributed by atoms with E-state index in [2.05, 4.69) is 50.3 Å². The monoisotopic (exact) mass is 738 g/mol. The molecule has 1 saturated heterocycles. The zero-order valence-corrected chi connectivity index (χ0v) is 32.0. The zero-order chi connectivity index (χ0) is 38.2. The Morgan fingerprint density at radius 3 is 1.71 bits per heavy atom. The number of unbranched alkanes of at least 4 members (excludes halogenated alkanes) is 15. The Balaban J connectivity index is 2.44. The van der Waals surface area contributed by atoms with Crippen molar-refractivity contribution in [2.75, 3.05) is 13.2 Å². The van der Waals surface area contributed by atoms with Crippen LogP contribution in [0.2, 0.25) is 0 Å². The molecular weight excluding hydrogens is 668 g/mol. The van der Waals surface area contributed by atoms with Crippen molar-refractivity contribution in [2.24, 2.45) is 0 Å². The summed E-state index contributed by atoms with van der Waals surface area (Å²) in [7, 11) is 0. The van der Waals surface area contributed by atoms with Crippen LogP contribution >= 0.6 is 0 Å². The van der Waals surface area contributed by atoms with Crippen LogP contribution in [0.4, 0.5) is 0 Å². The van der Waals surface area contributed by atoms with Gasteiger partial charge < -0.3 is 39.4 Å². The van der Waals surface area contributed by atoms with E-state index in [-0.39, 0.29) is 19.4 Å². The number of aliphatic carboxylic acids is 1. The van der Waals surface area contributed by atoms with Gasteiger partial charge in [0.05, 0.1) is 6.61 Å². The molecule has 11 heteroatoms. The molecule has 52 heavy (non-hydrogen) atoms. The summed E-state index contributed by atoms with van der Waals surface area (Å²) in [5, 5.41) is 39.7. The van der Waals surface area contributed by atoms with E-state index in [1.54, 1.807) is 0 Å². The second-order valence-corrected chi connectivity index (χ2v) is 13.7. The molecule has 1 heterocycles. The molecule has 6 atom stereocenters. The molecule has 0 spiro atoms. The third-order valence-corrected chi connectivity index (χ3v) is 9.00. The Morgan fingerprint density at radius 2 is 1.13 bits per heavy atom. The van der Waals surface area contributed by atoms with Gasteiger partial charge in [0.15, 0.2) is 18.5 Å². The summed E-state index contributed by atoms with van der Waals surface area (Å²) in [6, 6.07) is 0. The lowest BCUT2D eigenvalue weighted by Crippen LogP contribution is -2.60. The molecule has 300 valence electrons. The fraction of sp³-hybridized carbons (Fsp3) is 0.780. The molecule has 1 rings (SSSR count). The number of ether oxygens (including phenoxy) is 4. The molecule has 0 bridgehead atoms. The number of hydrogen-bond acceptors (Lipinski definition) is 10. The standard InChI is InChI=1S/C41H70O11/c1-3-5-7-9-11-13-15-17-18-20-21-23-25-27-29-34(42)49-31-33(32-50-41-38(46)36(44)37(45)39(52-41)40(47)48)51-35(43)30-28-26-24-22-19-16-14-12-10-8-6-4-2/h5,7,11,13,17-18,33,36-39,41,44-46H,3-4,6,8-10,12,14-16,19-32H2,1-2H3,(H,47,48)/b7-5-,13-11-,18-17-/t33-,36+,37+,38-,39+,41-/m1/s1. The van der Waals surface area contributed by atoms with Gasteiger partial charge in [-0.25, -0.2) is 4.79 Å². The normalized spacial score (nSPS) is 21.3. The second-order valence-electron chi connectivity index (χ2n) is 13.7. The number of carbonyl (C=O) groups is 3. The van der Waals surface area contributed by atoms with Gasteiger partial charge in [-0.05, 0) is 44.9 Å². The molecule has 0 aromatic carbocycles. The minimum atomic E-state index is -1.86. The van der Waals surface area contributed by atoms with Crippen LogP contribution < -0.4 is 0 Å². The molecule has 0 aromatic heterocycles. The van der Waals surface area contributed by atoms with Crippen molar-refractivity contribution in [2.45, 2.75) is 192 Å². The molecule has 0 aliphatic carbocycles. The Bertz CT molecular complexity index is 1010. The van der Waals surface area contributed by atoms with Gasteiger partial charge in [0.25, 0.3) is 0 Å². The highest BCUT2D eigenvalue weighted by Crippen LogP contribution is 2.23. The third-order valence-electron chi connectivity index (χ3n) is 9.00. The number of carbonyl (C=O) groups excluding carboxylic acids is 2. The van der Waals surface area contributed by atoms with Gasteiger partial charge in [0.1, 0.15) is 24.9 Å². The van der Waals surface area contributed by atoms with Gasteiger partial charge in [0, 0.05) is 12.8 Å². The lowest BCUT2D eigenvalue weighted by molar-refractivity contribution is -0.298. The van der Waals surface area contributed by atoms with Crippen molar-refractivity contribution in [1.29, 1.82) is 0 Å². The summed E-state index contributed by atoms with van der Waals surface area (Å²) in [5.41, 5.74) is 0. The van der Waals surface area contributed by atoms with E-state index in [1.807, 2.05) is 0 Å². The maximum atomic E-state index is 12.7. The number of aliphatic hydroxyl groups excluding tert-OH is 3. The van der Waals surface area contributed by atoms with Crippen LogP contribution in [-0.4, -0.2) is 88.4 Å². The number of allylic oxidation sites excluding steroid dienone is 6. The summed E-state index contributed by atoms with van der Waals surface area (Å²) < 4.78 is 21.6. The lowest BCUT2D eigenvalue weighted by atomic mass is 9.99. The maximum Gasteiger partial charge on any atom is 0.335 e. The molecule has 0 radical (unpaired) electrons. The van der Waals surface area contributed by atoms with E-state index < -0.39 is 61.3 Å². The number of rotatable bonds is 32.